The summed E-state index contributed by atoms with van der Waals surface area (Å²) in [7, 11) is 0. The van der Waals surface area contributed by atoms with Crippen molar-refractivity contribution in [1.82, 2.24) is 0 Å². The molecule has 0 aliphatic carbocycles. The van der Waals surface area contributed by atoms with E-state index in [9.17, 15) is 13.2 Å². The van der Waals surface area contributed by atoms with Crippen LogP contribution in [0.2, 0.25) is 0 Å². The topological polar surface area (TPSA) is 26.0 Å². The van der Waals surface area contributed by atoms with E-state index in [4.69, 9.17) is 5.73 Å². The molecule has 0 spiro atoms. The Morgan fingerprint density at radius 3 is 2.53 bits per heavy atom. The number of hydrogen-bond acceptors (Lipinski definition) is 2. The summed E-state index contributed by atoms with van der Waals surface area (Å²) in [6.45, 7) is 0. The lowest BCUT2D eigenvalue weighted by atomic mass is 10.1. The molecule has 0 fully saturated rings. The number of rotatable bonds is 1. The van der Waals surface area contributed by atoms with Crippen LogP contribution in [0.15, 0.2) is 29.6 Å². The summed E-state index contributed by atoms with van der Waals surface area (Å²) in [6.07, 6.45) is -4.39. The Hall–Kier alpha value is -1.07. The monoisotopic (exact) mass is 231 g/mol. The fraction of sp³-hybridized carbons (Fsp3) is 0.200. The van der Waals surface area contributed by atoms with Gasteiger partial charge in [-0.2, -0.15) is 13.2 Å². The lowest BCUT2D eigenvalue weighted by Crippen LogP contribution is -2.28. The van der Waals surface area contributed by atoms with E-state index >= 15 is 0 Å². The SMILES string of the molecule is N[C@H](c1csc2ccccc12)C(F)(F)F. The van der Waals surface area contributed by atoms with Crippen molar-refractivity contribution in [1.29, 1.82) is 0 Å². The number of hydrogen-bond donors (Lipinski definition) is 1. The van der Waals surface area contributed by atoms with Crippen LogP contribution in [0, 0.1) is 0 Å². The van der Waals surface area contributed by atoms with Crippen LogP contribution in [0.3, 0.4) is 0 Å². The zero-order chi connectivity index (χ0) is 11.1. The fourth-order valence-corrected chi connectivity index (χ4v) is 2.41. The predicted molar refractivity (Wildman–Crippen MR) is 54.8 cm³/mol. The molecule has 5 heteroatoms. The van der Waals surface area contributed by atoms with Gasteiger partial charge in [-0.1, -0.05) is 18.2 Å². The summed E-state index contributed by atoms with van der Waals surface area (Å²) in [4.78, 5) is 0. The summed E-state index contributed by atoms with van der Waals surface area (Å²) >= 11 is 1.28. The number of halogens is 3. The average Bonchev–Trinajstić information content (AvgIpc) is 2.58. The Kier molecular flexibility index (Phi) is 2.44. The molecule has 2 aromatic rings. The average molecular weight is 231 g/mol. The molecular weight excluding hydrogens is 223 g/mol. The first-order valence-corrected chi connectivity index (χ1v) is 5.16. The Morgan fingerprint density at radius 1 is 1.20 bits per heavy atom. The first-order chi connectivity index (χ1) is 7.00. The number of nitrogens with two attached hydrogens (primary N) is 1. The van der Waals surface area contributed by atoms with Gasteiger partial charge in [-0.15, -0.1) is 11.3 Å². The van der Waals surface area contributed by atoms with Gasteiger partial charge >= 0.3 is 6.18 Å². The van der Waals surface area contributed by atoms with Gasteiger partial charge in [0.15, 0.2) is 0 Å². The van der Waals surface area contributed by atoms with E-state index in [-0.39, 0.29) is 5.56 Å². The van der Waals surface area contributed by atoms with E-state index in [2.05, 4.69) is 0 Å². The molecule has 80 valence electrons. The quantitative estimate of drug-likeness (QED) is 0.799. The van der Waals surface area contributed by atoms with E-state index in [0.717, 1.165) is 4.70 Å². The van der Waals surface area contributed by atoms with Crippen LogP contribution in [0.25, 0.3) is 10.1 Å². The van der Waals surface area contributed by atoms with Gasteiger partial charge in [-0.05, 0) is 22.4 Å². The first-order valence-electron chi connectivity index (χ1n) is 4.28. The second-order valence-electron chi connectivity index (χ2n) is 3.21. The van der Waals surface area contributed by atoms with Gasteiger partial charge in [0, 0.05) is 4.70 Å². The lowest BCUT2D eigenvalue weighted by molar-refractivity contribution is -0.148. The second-order valence-corrected chi connectivity index (χ2v) is 4.12. The van der Waals surface area contributed by atoms with Gasteiger partial charge < -0.3 is 5.73 Å². The second kappa shape index (κ2) is 3.50. The minimum absolute atomic E-state index is 0.156. The van der Waals surface area contributed by atoms with Gasteiger partial charge in [-0.3, -0.25) is 0 Å². The van der Waals surface area contributed by atoms with Crippen LogP contribution < -0.4 is 5.73 Å². The van der Waals surface area contributed by atoms with Crippen LogP contribution in [0.4, 0.5) is 13.2 Å². The zero-order valence-electron chi connectivity index (χ0n) is 7.58. The zero-order valence-corrected chi connectivity index (χ0v) is 8.40. The van der Waals surface area contributed by atoms with Crippen molar-refractivity contribution >= 4 is 21.4 Å². The minimum Gasteiger partial charge on any atom is -0.316 e. The van der Waals surface area contributed by atoms with Crippen LogP contribution in [0.5, 0.6) is 0 Å². The highest BCUT2D eigenvalue weighted by molar-refractivity contribution is 7.17. The largest absolute Gasteiger partial charge is 0.407 e. The third-order valence-electron chi connectivity index (χ3n) is 2.20. The lowest BCUT2D eigenvalue weighted by Gasteiger charge is -2.14. The number of alkyl halides is 3. The molecule has 0 radical (unpaired) electrons. The molecule has 1 aromatic heterocycles. The van der Waals surface area contributed by atoms with Crippen LogP contribution in [0.1, 0.15) is 11.6 Å². The van der Waals surface area contributed by atoms with Crippen LogP contribution >= 0.6 is 11.3 Å². The number of benzene rings is 1. The summed E-state index contributed by atoms with van der Waals surface area (Å²) in [5.74, 6) is 0. The van der Waals surface area contributed by atoms with Crippen molar-refractivity contribution in [3.05, 3.63) is 35.2 Å². The molecule has 0 unspecified atom stereocenters. The van der Waals surface area contributed by atoms with Gasteiger partial charge in [0.05, 0.1) is 0 Å². The molecule has 0 aliphatic rings. The normalized spacial score (nSPS) is 14.4. The van der Waals surface area contributed by atoms with Gasteiger partial charge in [0.2, 0.25) is 0 Å². The molecule has 1 heterocycles. The Bertz CT molecular complexity index is 475. The predicted octanol–water partition coefficient (Wildman–Crippen LogP) is 3.46. The Balaban J connectivity index is 2.53. The summed E-state index contributed by atoms with van der Waals surface area (Å²) in [5.41, 5.74) is 5.32. The minimum atomic E-state index is -4.39. The van der Waals surface area contributed by atoms with Crippen molar-refractivity contribution in [3.63, 3.8) is 0 Å². The number of fused-ring (bicyclic) bond motifs is 1. The standard InChI is InChI=1S/C10H8F3NS/c11-10(12,13)9(14)7-5-15-8-4-2-1-3-6(7)8/h1-5,9H,14H2/t9-/m1/s1. The number of thiophene rings is 1. The molecule has 0 aliphatic heterocycles. The van der Waals surface area contributed by atoms with Gasteiger partial charge in [0.1, 0.15) is 6.04 Å². The summed E-state index contributed by atoms with van der Waals surface area (Å²) < 4.78 is 38.1. The van der Waals surface area contributed by atoms with Crippen LogP contribution in [-0.2, 0) is 0 Å². The molecule has 0 bridgehead atoms. The molecule has 0 saturated heterocycles. The molecule has 15 heavy (non-hydrogen) atoms. The maximum Gasteiger partial charge on any atom is 0.407 e. The Labute approximate surface area is 88.3 Å². The van der Waals surface area contributed by atoms with Crippen LogP contribution in [-0.4, -0.2) is 6.18 Å². The molecule has 1 nitrogen and oxygen atoms in total. The smallest absolute Gasteiger partial charge is 0.316 e. The maximum absolute atomic E-state index is 12.4. The van der Waals surface area contributed by atoms with Crippen molar-refractivity contribution < 1.29 is 13.2 Å². The highest BCUT2D eigenvalue weighted by Crippen LogP contribution is 2.37. The maximum atomic E-state index is 12.4. The third kappa shape index (κ3) is 1.85. The van der Waals surface area contributed by atoms with Crippen molar-refractivity contribution in [2.24, 2.45) is 5.73 Å². The molecule has 0 saturated carbocycles. The molecule has 2 rings (SSSR count). The molecule has 0 amide bonds. The Morgan fingerprint density at radius 2 is 1.87 bits per heavy atom. The van der Waals surface area contributed by atoms with E-state index in [1.165, 1.54) is 16.7 Å². The van der Waals surface area contributed by atoms with Gasteiger partial charge in [0.25, 0.3) is 0 Å². The van der Waals surface area contributed by atoms with Crippen molar-refractivity contribution in [2.75, 3.05) is 0 Å². The summed E-state index contributed by atoms with van der Waals surface area (Å²) in [6, 6.07) is 5.05. The highest BCUT2D eigenvalue weighted by atomic mass is 32.1. The molecule has 1 atom stereocenters. The van der Waals surface area contributed by atoms with Crippen molar-refractivity contribution in [3.8, 4) is 0 Å². The van der Waals surface area contributed by atoms with E-state index in [1.54, 1.807) is 24.3 Å². The highest BCUT2D eigenvalue weighted by Gasteiger charge is 2.38. The van der Waals surface area contributed by atoms with E-state index in [0.29, 0.717) is 5.39 Å². The molecule has 2 N–H and O–H groups in total. The van der Waals surface area contributed by atoms with Gasteiger partial charge in [-0.25, -0.2) is 0 Å². The van der Waals surface area contributed by atoms with Crippen molar-refractivity contribution in [2.45, 2.75) is 12.2 Å². The summed E-state index contributed by atoms with van der Waals surface area (Å²) in [5, 5.41) is 2.07. The van der Waals surface area contributed by atoms with E-state index < -0.39 is 12.2 Å². The first kappa shape index (κ1) is 10.4. The third-order valence-corrected chi connectivity index (χ3v) is 3.18. The van der Waals surface area contributed by atoms with E-state index in [1.807, 2.05) is 0 Å². The fourth-order valence-electron chi connectivity index (χ4n) is 1.42. The molecular formula is C10H8F3NS. The molecule has 1 aromatic carbocycles.